The number of nitrogens with one attached hydrogen (secondary N) is 2. The molecular formula is C12H18FN3O2S. The number of halogens is 1. The van der Waals surface area contributed by atoms with E-state index < -0.39 is 15.8 Å². The number of benzene rings is 1. The van der Waals surface area contributed by atoms with Crippen LogP contribution in [-0.2, 0) is 10.0 Å². The van der Waals surface area contributed by atoms with Crippen LogP contribution in [0.2, 0.25) is 0 Å². The molecule has 0 amide bonds. The zero-order chi connectivity index (χ0) is 13.9. The van der Waals surface area contributed by atoms with Crippen molar-refractivity contribution >= 4 is 15.7 Å². The molecule has 1 atom stereocenters. The third-order valence-electron chi connectivity index (χ3n) is 3.24. The molecule has 4 N–H and O–H groups in total. The fourth-order valence-electron chi connectivity index (χ4n) is 2.20. The Bertz CT molecular complexity index is 542. The van der Waals surface area contributed by atoms with Gasteiger partial charge in [-0.25, -0.2) is 17.9 Å². The highest BCUT2D eigenvalue weighted by molar-refractivity contribution is 7.89. The Morgan fingerprint density at radius 1 is 1.47 bits per heavy atom. The summed E-state index contributed by atoms with van der Waals surface area (Å²) < 4.78 is 35.8. The maximum absolute atomic E-state index is 13.7. The number of sulfonamides is 1. The Morgan fingerprint density at radius 3 is 2.84 bits per heavy atom. The van der Waals surface area contributed by atoms with Crippen molar-refractivity contribution in [3.05, 3.63) is 24.0 Å². The maximum Gasteiger partial charge on any atom is 0.238 e. The highest BCUT2D eigenvalue weighted by atomic mass is 32.2. The molecule has 1 aromatic rings. The molecule has 1 aromatic carbocycles. The Morgan fingerprint density at radius 2 is 2.26 bits per heavy atom. The van der Waals surface area contributed by atoms with Gasteiger partial charge in [-0.15, -0.1) is 0 Å². The van der Waals surface area contributed by atoms with Gasteiger partial charge in [-0.05, 0) is 44.0 Å². The van der Waals surface area contributed by atoms with Crippen molar-refractivity contribution in [1.82, 2.24) is 5.32 Å². The molecule has 1 fully saturated rings. The minimum atomic E-state index is -3.85. The van der Waals surface area contributed by atoms with Crippen LogP contribution in [0.25, 0.3) is 0 Å². The van der Waals surface area contributed by atoms with E-state index in [0.717, 1.165) is 25.5 Å². The standard InChI is InChI=1S/C12H18FN3O2S/c13-11-8-10(19(14,17)18)3-4-12(11)16-7-5-9-2-1-6-15-9/h3-4,8-9,15-16H,1-2,5-7H2,(H2,14,17,18)/t9-/m1/s1. The van der Waals surface area contributed by atoms with E-state index in [1.165, 1.54) is 18.6 Å². The summed E-state index contributed by atoms with van der Waals surface area (Å²) in [5.74, 6) is -0.606. The number of rotatable bonds is 5. The van der Waals surface area contributed by atoms with Gasteiger partial charge >= 0.3 is 0 Å². The summed E-state index contributed by atoms with van der Waals surface area (Å²) in [6, 6.07) is 4.12. The number of hydrogen-bond acceptors (Lipinski definition) is 4. The molecule has 106 valence electrons. The number of primary sulfonamides is 1. The van der Waals surface area contributed by atoms with Crippen LogP contribution in [0.5, 0.6) is 0 Å². The molecule has 1 heterocycles. The Hall–Kier alpha value is -1.18. The third kappa shape index (κ3) is 3.89. The van der Waals surface area contributed by atoms with Gasteiger partial charge in [0.25, 0.3) is 0 Å². The van der Waals surface area contributed by atoms with Crippen molar-refractivity contribution in [3.8, 4) is 0 Å². The molecule has 0 spiro atoms. The summed E-state index contributed by atoms with van der Waals surface area (Å²) >= 11 is 0. The highest BCUT2D eigenvalue weighted by Crippen LogP contribution is 2.18. The number of nitrogens with two attached hydrogens (primary N) is 1. The van der Waals surface area contributed by atoms with Gasteiger partial charge in [0, 0.05) is 12.6 Å². The minimum Gasteiger partial charge on any atom is -0.383 e. The van der Waals surface area contributed by atoms with Crippen LogP contribution in [0.4, 0.5) is 10.1 Å². The van der Waals surface area contributed by atoms with Crippen LogP contribution < -0.4 is 15.8 Å². The van der Waals surface area contributed by atoms with Crippen molar-refractivity contribution in [3.63, 3.8) is 0 Å². The van der Waals surface area contributed by atoms with Gasteiger partial charge in [0.2, 0.25) is 10.0 Å². The van der Waals surface area contributed by atoms with E-state index in [9.17, 15) is 12.8 Å². The monoisotopic (exact) mass is 287 g/mol. The van der Waals surface area contributed by atoms with Gasteiger partial charge in [-0.3, -0.25) is 0 Å². The van der Waals surface area contributed by atoms with Crippen LogP contribution in [0.15, 0.2) is 23.1 Å². The quantitative estimate of drug-likeness (QED) is 0.755. The van der Waals surface area contributed by atoms with Crippen molar-refractivity contribution in [2.45, 2.75) is 30.2 Å². The first-order chi connectivity index (χ1) is 8.97. The lowest BCUT2D eigenvalue weighted by Crippen LogP contribution is -2.24. The molecule has 1 saturated heterocycles. The second-order valence-electron chi connectivity index (χ2n) is 4.70. The minimum absolute atomic E-state index is 0.215. The van der Waals surface area contributed by atoms with E-state index in [1.807, 2.05) is 0 Å². The molecular weight excluding hydrogens is 269 g/mol. The zero-order valence-corrected chi connectivity index (χ0v) is 11.3. The fourth-order valence-corrected chi connectivity index (χ4v) is 2.73. The molecule has 1 aliphatic heterocycles. The van der Waals surface area contributed by atoms with E-state index in [-0.39, 0.29) is 4.90 Å². The van der Waals surface area contributed by atoms with Gasteiger partial charge in [0.1, 0.15) is 5.82 Å². The molecule has 0 unspecified atom stereocenters. The predicted octanol–water partition coefficient (Wildman–Crippen LogP) is 1.03. The lowest BCUT2D eigenvalue weighted by Gasteiger charge is -2.12. The molecule has 0 saturated carbocycles. The molecule has 7 heteroatoms. The second kappa shape index (κ2) is 5.85. The van der Waals surface area contributed by atoms with Crippen LogP contribution in [0, 0.1) is 5.82 Å². The van der Waals surface area contributed by atoms with E-state index in [0.29, 0.717) is 18.3 Å². The first kappa shape index (κ1) is 14.2. The Balaban J connectivity index is 1.93. The van der Waals surface area contributed by atoms with E-state index in [4.69, 9.17) is 5.14 Å². The maximum atomic E-state index is 13.7. The summed E-state index contributed by atoms with van der Waals surface area (Å²) in [4.78, 5) is -0.215. The smallest absolute Gasteiger partial charge is 0.238 e. The van der Waals surface area contributed by atoms with Crippen molar-refractivity contribution in [2.75, 3.05) is 18.4 Å². The van der Waals surface area contributed by atoms with Gasteiger partial charge in [0.15, 0.2) is 0 Å². The van der Waals surface area contributed by atoms with Crippen molar-refractivity contribution in [1.29, 1.82) is 0 Å². The van der Waals surface area contributed by atoms with Gasteiger partial charge < -0.3 is 10.6 Å². The van der Waals surface area contributed by atoms with Gasteiger partial charge in [-0.2, -0.15) is 0 Å². The van der Waals surface area contributed by atoms with Crippen LogP contribution in [0.1, 0.15) is 19.3 Å². The van der Waals surface area contributed by atoms with Crippen molar-refractivity contribution < 1.29 is 12.8 Å². The predicted molar refractivity (Wildman–Crippen MR) is 71.9 cm³/mol. The summed E-state index contributed by atoms with van der Waals surface area (Å²) in [5.41, 5.74) is 0.297. The molecule has 0 radical (unpaired) electrons. The van der Waals surface area contributed by atoms with E-state index >= 15 is 0 Å². The second-order valence-corrected chi connectivity index (χ2v) is 6.26. The van der Waals surface area contributed by atoms with Gasteiger partial charge in [-0.1, -0.05) is 0 Å². The molecule has 0 aliphatic carbocycles. The van der Waals surface area contributed by atoms with E-state index in [1.54, 1.807) is 0 Å². The first-order valence-electron chi connectivity index (χ1n) is 6.26. The number of anilines is 1. The molecule has 1 aliphatic rings. The lowest BCUT2D eigenvalue weighted by molar-refractivity contribution is 0.571. The van der Waals surface area contributed by atoms with Crippen LogP contribution in [0.3, 0.4) is 0 Å². The van der Waals surface area contributed by atoms with Crippen LogP contribution in [-0.4, -0.2) is 27.5 Å². The van der Waals surface area contributed by atoms with Crippen LogP contribution >= 0.6 is 0 Å². The summed E-state index contributed by atoms with van der Waals surface area (Å²) in [5, 5.41) is 11.3. The van der Waals surface area contributed by atoms with E-state index in [2.05, 4.69) is 10.6 Å². The molecule has 19 heavy (non-hydrogen) atoms. The molecule has 0 aromatic heterocycles. The normalized spacial score (nSPS) is 19.6. The van der Waals surface area contributed by atoms with Crippen molar-refractivity contribution in [2.24, 2.45) is 5.14 Å². The fraction of sp³-hybridized carbons (Fsp3) is 0.500. The van der Waals surface area contributed by atoms with Gasteiger partial charge in [0.05, 0.1) is 10.6 Å². The lowest BCUT2D eigenvalue weighted by atomic mass is 10.1. The third-order valence-corrected chi connectivity index (χ3v) is 4.15. The molecule has 0 bridgehead atoms. The first-order valence-corrected chi connectivity index (χ1v) is 7.81. The summed E-state index contributed by atoms with van der Waals surface area (Å²) in [6.45, 7) is 1.69. The molecule has 2 rings (SSSR count). The Kier molecular flexibility index (Phi) is 4.38. The molecule has 5 nitrogen and oxygen atoms in total. The Labute approximate surface area is 112 Å². The average molecular weight is 287 g/mol. The summed E-state index contributed by atoms with van der Waals surface area (Å²) in [6.07, 6.45) is 3.24. The SMILES string of the molecule is NS(=O)(=O)c1ccc(NCC[C@H]2CCCN2)c(F)c1. The number of hydrogen-bond donors (Lipinski definition) is 3. The topological polar surface area (TPSA) is 84.2 Å². The summed E-state index contributed by atoms with van der Waals surface area (Å²) in [7, 11) is -3.85. The highest BCUT2D eigenvalue weighted by Gasteiger charge is 2.14. The average Bonchev–Trinajstić information content (AvgIpc) is 2.83. The largest absolute Gasteiger partial charge is 0.383 e. The zero-order valence-electron chi connectivity index (χ0n) is 10.5.